The molecule has 7 atom stereocenters. The molecule has 3 N–H and O–H groups in total. The minimum atomic E-state index is -1.88. The summed E-state index contributed by atoms with van der Waals surface area (Å²) >= 11 is 0. The topological polar surface area (TPSA) is 86.7 Å². The minimum absolute atomic E-state index is 0.0601. The molecule has 6 rings (SSSR count). The van der Waals surface area contributed by atoms with Crippen molar-refractivity contribution in [2.75, 3.05) is 0 Å². The molecule has 2 fully saturated rings. The molecule has 4 aliphatic rings. The molecule has 6 unspecified atom stereocenters. The van der Waals surface area contributed by atoms with E-state index in [9.17, 15) is 15.3 Å². The molecule has 6 heteroatoms. The first kappa shape index (κ1) is 20.6. The maximum Gasteiger partial charge on any atom is 0.181 e. The highest BCUT2D eigenvalue weighted by atomic mass is 19.1. The van der Waals surface area contributed by atoms with Gasteiger partial charge in [-0.2, -0.15) is 0 Å². The Balaban J connectivity index is 1.40. The highest BCUT2D eigenvalue weighted by molar-refractivity contribution is 5.82. The molecule has 2 aromatic rings. The van der Waals surface area contributed by atoms with Crippen LogP contribution in [0.15, 0.2) is 46.7 Å². The predicted molar refractivity (Wildman–Crippen MR) is 118 cm³/mol. The number of hydrogen-bond donors (Lipinski definition) is 3. The van der Waals surface area contributed by atoms with Gasteiger partial charge in [0.2, 0.25) is 0 Å². The van der Waals surface area contributed by atoms with Crippen molar-refractivity contribution < 1.29 is 24.1 Å². The second-order valence-corrected chi connectivity index (χ2v) is 10.6. The zero-order valence-corrected chi connectivity index (χ0v) is 18.3. The second kappa shape index (κ2) is 6.75. The van der Waals surface area contributed by atoms with E-state index in [2.05, 4.69) is 18.0 Å². The molecule has 4 aliphatic carbocycles. The molecule has 2 saturated carbocycles. The zero-order valence-electron chi connectivity index (χ0n) is 18.3. The van der Waals surface area contributed by atoms with Crippen molar-refractivity contribution in [3.8, 4) is 0 Å². The van der Waals surface area contributed by atoms with Gasteiger partial charge in [-0.3, -0.25) is 0 Å². The van der Waals surface area contributed by atoms with Crippen LogP contribution in [0.25, 0.3) is 16.7 Å². The number of hydrogen-bond acceptors (Lipinski definition) is 5. The largest absolute Gasteiger partial charge is 0.443 e. The Bertz CT molecular complexity index is 1140. The molecule has 1 aromatic heterocycles. The van der Waals surface area contributed by atoms with Crippen LogP contribution in [-0.2, 0) is 0 Å². The molecule has 5 nitrogen and oxygen atoms in total. The van der Waals surface area contributed by atoms with Crippen LogP contribution in [0.3, 0.4) is 0 Å². The summed E-state index contributed by atoms with van der Waals surface area (Å²) in [7, 11) is 0. The van der Waals surface area contributed by atoms with Crippen LogP contribution >= 0.6 is 0 Å². The van der Waals surface area contributed by atoms with E-state index in [0.717, 1.165) is 22.2 Å². The quantitative estimate of drug-likeness (QED) is 0.576. The van der Waals surface area contributed by atoms with Crippen molar-refractivity contribution in [1.82, 2.24) is 4.98 Å². The van der Waals surface area contributed by atoms with Crippen LogP contribution in [0.2, 0.25) is 0 Å². The van der Waals surface area contributed by atoms with E-state index in [-0.39, 0.29) is 23.7 Å². The number of aromatic nitrogens is 1. The number of alkyl halides is 1. The Kier molecular flexibility index (Phi) is 4.34. The van der Waals surface area contributed by atoms with Crippen molar-refractivity contribution >= 4 is 16.7 Å². The number of halogens is 1. The van der Waals surface area contributed by atoms with E-state index >= 15 is 4.39 Å². The lowest BCUT2D eigenvalue weighted by Crippen LogP contribution is -2.55. The molecule has 0 aliphatic heterocycles. The third kappa shape index (κ3) is 2.63. The van der Waals surface area contributed by atoms with Gasteiger partial charge in [0.15, 0.2) is 12.0 Å². The third-order valence-corrected chi connectivity index (χ3v) is 9.10. The molecule has 170 valence electrons. The van der Waals surface area contributed by atoms with E-state index in [0.29, 0.717) is 44.1 Å². The number of benzene rings is 1. The summed E-state index contributed by atoms with van der Waals surface area (Å²) in [5.41, 5.74) is 0.728. The van der Waals surface area contributed by atoms with E-state index in [1.54, 1.807) is 0 Å². The fourth-order valence-corrected chi connectivity index (χ4v) is 7.37. The van der Waals surface area contributed by atoms with Crippen LogP contribution in [-0.4, -0.2) is 43.8 Å². The number of fused-ring (bicyclic) bond motifs is 5. The smallest absolute Gasteiger partial charge is 0.181 e. The summed E-state index contributed by atoms with van der Waals surface area (Å²) in [5, 5.41) is 33.5. The van der Waals surface area contributed by atoms with Gasteiger partial charge in [-0.05, 0) is 73.3 Å². The van der Waals surface area contributed by atoms with Crippen LogP contribution < -0.4 is 0 Å². The summed E-state index contributed by atoms with van der Waals surface area (Å²) in [6, 6.07) is 5.98. The first-order valence-electron chi connectivity index (χ1n) is 11.8. The normalized spacial score (nSPS) is 43.7. The van der Waals surface area contributed by atoms with Gasteiger partial charge in [-0.15, -0.1) is 0 Å². The first-order chi connectivity index (χ1) is 15.3. The molecule has 0 bridgehead atoms. The standard InChI is InChI=1S/C26H30FNO4/c1-24-10-9-19-23(30)25(27)13-17(29)4-3-16(25)8-11-26(19,31)22(24)7-5-18(24)15-2-6-21-20(12-15)28-14-32-21/h2,5-6,9,12,14,16-17,22-23,29-31H,3-4,7-8,10-11,13H2,1H3/t16?,17?,22?,23?,24?,25?,26-/m1/s1. The van der Waals surface area contributed by atoms with Gasteiger partial charge in [0.1, 0.15) is 17.3 Å². The summed E-state index contributed by atoms with van der Waals surface area (Å²) in [6.45, 7) is 2.17. The number of aliphatic hydroxyl groups is 3. The van der Waals surface area contributed by atoms with Gasteiger partial charge in [0.05, 0.1) is 11.7 Å². The lowest BCUT2D eigenvalue weighted by Gasteiger charge is -2.50. The van der Waals surface area contributed by atoms with Crippen molar-refractivity contribution in [1.29, 1.82) is 0 Å². The Morgan fingerprint density at radius 2 is 2.00 bits per heavy atom. The van der Waals surface area contributed by atoms with Crippen molar-refractivity contribution in [2.24, 2.45) is 17.3 Å². The average molecular weight is 440 g/mol. The monoisotopic (exact) mass is 439 g/mol. The summed E-state index contributed by atoms with van der Waals surface area (Å²) < 4.78 is 21.6. The summed E-state index contributed by atoms with van der Waals surface area (Å²) in [5.74, 6) is -0.479. The number of rotatable bonds is 1. The number of allylic oxidation sites excluding steroid dienone is 3. The lowest BCUT2D eigenvalue weighted by atomic mass is 9.57. The Morgan fingerprint density at radius 3 is 2.84 bits per heavy atom. The van der Waals surface area contributed by atoms with Crippen LogP contribution in [0.5, 0.6) is 0 Å². The maximum absolute atomic E-state index is 16.2. The van der Waals surface area contributed by atoms with Crippen LogP contribution in [0.1, 0.15) is 57.4 Å². The van der Waals surface area contributed by atoms with E-state index < -0.39 is 23.5 Å². The fourth-order valence-electron chi connectivity index (χ4n) is 7.37. The number of aliphatic hydroxyl groups excluding tert-OH is 2. The molecule has 32 heavy (non-hydrogen) atoms. The third-order valence-electron chi connectivity index (χ3n) is 9.10. The van der Waals surface area contributed by atoms with E-state index in [1.807, 2.05) is 24.3 Å². The second-order valence-electron chi connectivity index (χ2n) is 10.6. The molecule has 0 radical (unpaired) electrons. The SMILES string of the molecule is CC12CC=C3C(O)C4(F)CC(O)CCC4CC[C@]3(O)C1CC=C2c1ccc2ocnc2c1. The average Bonchev–Trinajstić information content (AvgIpc) is 3.35. The fraction of sp³-hybridized carbons (Fsp3) is 0.577. The molecule has 1 heterocycles. The van der Waals surface area contributed by atoms with Crippen molar-refractivity contribution in [2.45, 2.75) is 75.3 Å². The molecular weight excluding hydrogens is 409 g/mol. The summed E-state index contributed by atoms with van der Waals surface area (Å²) in [4.78, 5) is 4.28. The minimum Gasteiger partial charge on any atom is -0.443 e. The van der Waals surface area contributed by atoms with Gasteiger partial charge in [-0.1, -0.05) is 25.1 Å². The molecule has 1 aromatic carbocycles. The highest BCUT2D eigenvalue weighted by Gasteiger charge is 2.62. The number of oxazole rings is 1. The summed E-state index contributed by atoms with van der Waals surface area (Å²) in [6.07, 6.45) is 6.69. The van der Waals surface area contributed by atoms with E-state index in [1.165, 1.54) is 6.39 Å². The van der Waals surface area contributed by atoms with Gasteiger partial charge >= 0.3 is 0 Å². The first-order valence-corrected chi connectivity index (χ1v) is 11.8. The van der Waals surface area contributed by atoms with Crippen molar-refractivity contribution in [3.05, 3.63) is 47.9 Å². The number of nitrogens with zero attached hydrogens (tertiary/aromatic N) is 1. The van der Waals surface area contributed by atoms with E-state index in [4.69, 9.17) is 4.42 Å². The maximum atomic E-state index is 16.2. The Hall–Kier alpha value is -2.02. The highest BCUT2D eigenvalue weighted by Crippen LogP contribution is 2.63. The molecule has 0 spiro atoms. The van der Waals surface area contributed by atoms with Gasteiger partial charge in [-0.25, -0.2) is 9.37 Å². The molecule has 0 saturated heterocycles. The zero-order chi connectivity index (χ0) is 22.3. The Labute approximate surface area is 186 Å². The molecule has 0 amide bonds. The van der Waals surface area contributed by atoms with Crippen LogP contribution in [0, 0.1) is 17.3 Å². The Morgan fingerprint density at radius 1 is 1.16 bits per heavy atom. The lowest BCUT2D eigenvalue weighted by molar-refractivity contribution is -0.0963. The van der Waals surface area contributed by atoms with Gasteiger partial charge in [0, 0.05) is 17.8 Å². The van der Waals surface area contributed by atoms with Gasteiger partial charge < -0.3 is 19.7 Å². The van der Waals surface area contributed by atoms with Crippen LogP contribution in [0.4, 0.5) is 4.39 Å². The molecular formula is C26H30FNO4. The van der Waals surface area contributed by atoms with Crippen molar-refractivity contribution in [3.63, 3.8) is 0 Å². The predicted octanol–water partition coefficient (Wildman–Crippen LogP) is 4.32. The van der Waals surface area contributed by atoms with Gasteiger partial charge in [0.25, 0.3) is 0 Å².